The van der Waals surface area contributed by atoms with Crippen molar-refractivity contribution in [3.8, 4) is 0 Å². The van der Waals surface area contributed by atoms with Gasteiger partial charge in [0.2, 0.25) is 0 Å². The van der Waals surface area contributed by atoms with Crippen LogP contribution in [0.25, 0.3) is 10.9 Å². The van der Waals surface area contributed by atoms with E-state index < -0.39 is 0 Å². The molecule has 0 fully saturated rings. The van der Waals surface area contributed by atoms with E-state index in [-0.39, 0.29) is 5.82 Å². The van der Waals surface area contributed by atoms with E-state index in [1.54, 1.807) is 30.1 Å². The van der Waals surface area contributed by atoms with Crippen molar-refractivity contribution in [2.24, 2.45) is 0 Å². The zero-order valence-corrected chi connectivity index (χ0v) is 10.3. The van der Waals surface area contributed by atoms with Gasteiger partial charge in [0.15, 0.2) is 0 Å². The summed E-state index contributed by atoms with van der Waals surface area (Å²) in [4.78, 5) is 6.48. The van der Waals surface area contributed by atoms with Crippen molar-refractivity contribution in [3.63, 3.8) is 0 Å². The van der Waals surface area contributed by atoms with E-state index in [1.165, 1.54) is 12.1 Å². The van der Waals surface area contributed by atoms with Crippen LogP contribution in [0.4, 0.5) is 4.39 Å². The molecule has 0 aliphatic carbocycles. The van der Waals surface area contributed by atoms with Crippen molar-refractivity contribution in [2.75, 3.05) is 0 Å². The molecule has 0 spiro atoms. The maximum atomic E-state index is 12.9. The first-order chi connectivity index (χ1) is 8.83. The number of hydrogen-bond donors (Lipinski definition) is 0. The van der Waals surface area contributed by atoms with Crippen molar-refractivity contribution in [1.82, 2.24) is 4.98 Å². The monoisotopic (exact) mass is 255 g/mol. The Morgan fingerprint density at radius 2 is 1.67 bits per heavy atom. The molecule has 2 aromatic carbocycles. The SMILES string of the molecule is Fc1ccc(Sc2ccnc3ccccc23)cc1. The molecule has 3 heteroatoms. The third-order valence-electron chi connectivity index (χ3n) is 2.65. The minimum Gasteiger partial charge on any atom is -0.256 e. The Labute approximate surface area is 109 Å². The van der Waals surface area contributed by atoms with Gasteiger partial charge in [0.1, 0.15) is 5.82 Å². The van der Waals surface area contributed by atoms with Gasteiger partial charge < -0.3 is 0 Å². The predicted molar refractivity (Wildman–Crippen MR) is 72.3 cm³/mol. The van der Waals surface area contributed by atoms with Crippen LogP contribution in [0, 0.1) is 5.82 Å². The van der Waals surface area contributed by atoms with Gasteiger partial charge >= 0.3 is 0 Å². The molecule has 0 aliphatic rings. The molecule has 1 aromatic heterocycles. The largest absolute Gasteiger partial charge is 0.256 e. The van der Waals surface area contributed by atoms with Crippen molar-refractivity contribution in [3.05, 3.63) is 66.6 Å². The normalized spacial score (nSPS) is 10.7. The molecule has 0 saturated carbocycles. The number of pyridine rings is 1. The Kier molecular flexibility index (Phi) is 2.99. The third kappa shape index (κ3) is 2.22. The van der Waals surface area contributed by atoms with Crippen LogP contribution in [0.1, 0.15) is 0 Å². The average Bonchev–Trinajstić information content (AvgIpc) is 2.42. The van der Waals surface area contributed by atoms with Crippen LogP contribution in [0.15, 0.2) is 70.6 Å². The second-order valence-electron chi connectivity index (χ2n) is 3.88. The summed E-state index contributed by atoms with van der Waals surface area (Å²) in [7, 11) is 0. The van der Waals surface area contributed by atoms with Crippen molar-refractivity contribution in [1.29, 1.82) is 0 Å². The first-order valence-electron chi connectivity index (χ1n) is 5.60. The molecule has 0 N–H and O–H groups in total. The molecule has 1 nitrogen and oxygen atoms in total. The maximum Gasteiger partial charge on any atom is 0.123 e. The molecule has 0 unspecified atom stereocenters. The van der Waals surface area contributed by atoms with Crippen molar-refractivity contribution in [2.45, 2.75) is 9.79 Å². The highest BCUT2D eigenvalue weighted by atomic mass is 32.2. The molecule has 0 aliphatic heterocycles. The highest BCUT2D eigenvalue weighted by Crippen LogP contribution is 2.32. The van der Waals surface area contributed by atoms with Gasteiger partial charge in [-0.2, -0.15) is 0 Å². The smallest absolute Gasteiger partial charge is 0.123 e. The summed E-state index contributed by atoms with van der Waals surface area (Å²) in [5.74, 6) is -0.209. The number of hydrogen-bond acceptors (Lipinski definition) is 2. The lowest BCUT2D eigenvalue weighted by atomic mass is 10.2. The second-order valence-corrected chi connectivity index (χ2v) is 5.00. The average molecular weight is 255 g/mol. The van der Waals surface area contributed by atoms with Crippen LogP contribution in [-0.4, -0.2) is 4.98 Å². The van der Waals surface area contributed by atoms with Crippen LogP contribution in [0.5, 0.6) is 0 Å². The molecule has 3 rings (SSSR count). The number of rotatable bonds is 2. The minimum atomic E-state index is -0.209. The van der Waals surface area contributed by atoms with Crippen LogP contribution >= 0.6 is 11.8 Å². The van der Waals surface area contributed by atoms with Gasteiger partial charge in [0.25, 0.3) is 0 Å². The molecule has 18 heavy (non-hydrogen) atoms. The van der Waals surface area contributed by atoms with Crippen molar-refractivity contribution < 1.29 is 4.39 Å². The summed E-state index contributed by atoms with van der Waals surface area (Å²) in [6.07, 6.45) is 1.80. The standard InChI is InChI=1S/C15H10FNS/c16-11-5-7-12(8-6-11)18-15-9-10-17-14-4-2-1-3-13(14)15/h1-10H. The molecular weight excluding hydrogens is 245 g/mol. The van der Waals surface area contributed by atoms with Gasteiger partial charge in [-0.15, -0.1) is 0 Å². The first-order valence-corrected chi connectivity index (χ1v) is 6.42. The second kappa shape index (κ2) is 4.78. The fourth-order valence-corrected chi connectivity index (χ4v) is 2.73. The molecule has 0 saturated heterocycles. The zero-order valence-electron chi connectivity index (χ0n) is 9.51. The zero-order chi connectivity index (χ0) is 12.4. The van der Waals surface area contributed by atoms with E-state index in [0.717, 1.165) is 20.7 Å². The number of para-hydroxylation sites is 1. The van der Waals surface area contributed by atoms with E-state index in [4.69, 9.17) is 0 Å². The number of fused-ring (bicyclic) bond motifs is 1. The van der Waals surface area contributed by atoms with Crippen molar-refractivity contribution >= 4 is 22.7 Å². The lowest BCUT2D eigenvalue weighted by Crippen LogP contribution is -1.81. The molecule has 3 aromatic rings. The number of halogens is 1. The Morgan fingerprint density at radius 1 is 0.889 bits per heavy atom. The number of aromatic nitrogens is 1. The predicted octanol–water partition coefficient (Wildman–Crippen LogP) is 4.53. The first kappa shape index (κ1) is 11.2. The lowest BCUT2D eigenvalue weighted by molar-refractivity contribution is 0.626. The summed E-state index contributed by atoms with van der Waals surface area (Å²) in [5.41, 5.74) is 0.976. The third-order valence-corrected chi connectivity index (χ3v) is 3.73. The van der Waals surface area contributed by atoms with E-state index in [9.17, 15) is 4.39 Å². The molecule has 0 radical (unpaired) electrons. The Hall–Kier alpha value is -1.87. The molecule has 1 heterocycles. The lowest BCUT2D eigenvalue weighted by Gasteiger charge is -2.05. The molecular formula is C15H10FNS. The van der Waals surface area contributed by atoms with Gasteiger partial charge in [-0.05, 0) is 36.4 Å². The Balaban J connectivity index is 2.02. The molecule has 0 bridgehead atoms. The van der Waals surface area contributed by atoms with E-state index >= 15 is 0 Å². The van der Waals surface area contributed by atoms with Gasteiger partial charge in [-0.3, -0.25) is 4.98 Å². The summed E-state index contributed by atoms with van der Waals surface area (Å²) >= 11 is 1.62. The minimum absolute atomic E-state index is 0.209. The molecule has 0 amide bonds. The fourth-order valence-electron chi connectivity index (χ4n) is 1.79. The van der Waals surface area contributed by atoms with Gasteiger partial charge in [0, 0.05) is 21.4 Å². The number of benzene rings is 2. The van der Waals surface area contributed by atoms with Crippen LogP contribution in [-0.2, 0) is 0 Å². The van der Waals surface area contributed by atoms with Crippen LogP contribution in [0.2, 0.25) is 0 Å². The van der Waals surface area contributed by atoms with Gasteiger partial charge in [-0.1, -0.05) is 30.0 Å². The Morgan fingerprint density at radius 3 is 2.50 bits per heavy atom. The Bertz CT molecular complexity index is 674. The topological polar surface area (TPSA) is 12.9 Å². The number of nitrogens with zero attached hydrogens (tertiary/aromatic N) is 1. The summed E-state index contributed by atoms with van der Waals surface area (Å²) < 4.78 is 12.9. The molecule has 88 valence electrons. The van der Waals surface area contributed by atoms with E-state index in [1.807, 2.05) is 30.3 Å². The highest BCUT2D eigenvalue weighted by molar-refractivity contribution is 7.99. The summed E-state index contributed by atoms with van der Waals surface area (Å²) in [6, 6.07) is 16.5. The fraction of sp³-hybridized carbons (Fsp3) is 0. The van der Waals surface area contributed by atoms with E-state index in [0.29, 0.717) is 0 Å². The summed E-state index contributed by atoms with van der Waals surface area (Å²) in [5, 5.41) is 1.12. The summed E-state index contributed by atoms with van der Waals surface area (Å²) in [6.45, 7) is 0. The van der Waals surface area contributed by atoms with Crippen LogP contribution < -0.4 is 0 Å². The maximum absolute atomic E-state index is 12.9. The van der Waals surface area contributed by atoms with Gasteiger partial charge in [0.05, 0.1) is 5.52 Å². The van der Waals surface area contributed by atoms with E-state index in [2.05, 4.69) is 4.98 Å². The quantitative estimate of drug-likeness (QED) is 0.667. The van der Waals surface area contributed by atoms with Crippen LogP contribution in [0.3, 0.4) is 0 Å². The molecule has 0 atom stereocenters. The highest BCUT2D eigenvalue weighted by Gasteiger charge is 2.03. The van der Waals surface area contributed by atoms with Gasteiger partial charge in [-0.25, -0.2) is 4.39 Å².